The number of halogens is 1. The Labute approximate surface area is 187 Å². The summed E-state index contributed by atoms with van der Waals surface area (Å²) in [5.41, 5.74) is -0.682. The summed E-state index contributed by atoms with van der Waals surface area (Å²) in [6.45, 7) is 6.77. The molecular weight excluding hydrogens is 385 g/mol. The van der Waals surface area contributed by atoms with Crippen molar-refractivity contribution in [2.24, 2.45) is 5.41 Å². The maximum absolute atomic E-state index is 11.7. The van der Waals surface area contributed by atoms with Gasteiger partial charge in [-0.1, -0.05) is 11.6 Å². The summed E-state index contributed by atoms with van der Waals surface area (Å²) in [5.74, 6) is -0.487. The molecule has 0 saturated carbocycles. The number of carbonyl (C=O) groups is 3. The van der Waals surface area contributed by atoms with Crippen LogP contribution >= 0.6 is 11.6 Å². The maximum atomic E-state index is 11.7. The zero-order chi connectivity index (χ0) is 19.7. The fourth-order valence-corrected chi connectivity index (χ4v) is 1.78. The van der Waals surface area contributed by atoms with Crippen LogP contribution in [-0.4, -0.2) is 30.9 Å². The van der Waals surface area contributed by atoms with E-state index in [1.807, 2.05) is 0 Å². The maximum Gasteiger partial charge on any atom is 1.00 e. The Morgan fingerprint density at radius 3 is 2.30 bits per heavy atom. The van der Waals surface area contributed by atoms with Crippen LogP contribution < -0.4 is 39.6 Å². The average molecular weight is 410 g/mol. The zero-order valence-corrected chi connectivity index (χ0v) is 19.1. The summed E-state index contributed by atoms with van der Waals surface area (Å²) in [7, 11) is 0. The van der Waals surface area contributed by atoms with Gasteiger partial charge in [0.2, 0.25) is 6.29 Å². The molecule has 0 aliphatic rings. The van der Waals surface area contributed by atoms with Gasteiger partial charge in [-0.2, -0.15) is 0 Å². The molecule has 0 bridgehead atoms. The fourth-order valence-electron chi connectivity index (χ4n) is 1.65. The molecule has 0 radical (unpaired) electrons. The van der Waals surface area contributed by atoms with E-state index in [1.54, 1.807) is 45.0 Å². The van der Waals surface area contributed by atoms with E-state index >= 15 is 0 Å². The van der Waals surface area contributed by atoms with E-state index in [-0.39, 0.29) is 43.9 Å². The Bertz CT molecular complexity index is 636. The number of alkyl carbamates (subject to hydrolysis) is 1. The van der Waals surface area contributed by atoms with Gasteiger partial charge in [0.1, 0.15) is 5.75 Å². The molecular formula is C18H25ClNNaO6. The molecule has 9 heteroatoms. The van der Waals surface area contributed by atoms with E-state index in [2.05, 4.69) is 5.32 Å². The van der Waals surface area contributed by atoms with Crippen molar-refractivity contribution >= 4 is 29.6 Å². The van der Waals surface area contributed by atoms with Crippen molar-refractivity contribution in [2.75, 3.05) is 6.54 Å². The predicted molar refractivity (Wildman–Crippen MR) is 96.9 cm³/mol. The van der Waals surface area contributed by atoms with Gasteiger partial charge in [0.25, 0.3) is 0 Å². The minimum atomic E-state index is -1.00. The first kappa shape index (κ1) is 25.7. The first-order valence-electron chi connectivity index (χ1n) is 8.20. The second kappa shape index (κ2) is 12.2. The van der Waals surface area contributed by atoms with Crippen molar-refractivity contribution in [1.82, 2.24) is 5.32 Å². The van der Waals surface area contributed by atoms with Gasteiger partial charge in [0, 0.05) is 24.9 Å². The summed E-state index contributed by atoms with van der Waals surface area (Å²) < 4.78 is 15.0. The third-order valence-corrected chi connectivity index (χ3v) is 3.28. The number of esters is 2. The van der Waals surface area contributed by atoms with Crippen LogP contribution in [-0.2, 0) is 19.1 Å². The molecule has 1 rings (SSSR count). The third-order valence-electron chi connectivity index (χ3n) is 3.03. The van der Waals surface area contributed by atoms with Gasteiger partial charge in [0.05, 0.1) is 5.41 Å². The van der Waals surface area contributed by atoms with Crippen LogP contribution in [0.1, 0.15) is 42.0 Å². The second-order valence-electron chi connectivity index (χ2n) is 6.59. The molecule has 1 unspecified atom stereocenters. The number of amides is 1. The van der Waals surface area contributed by atoms with Gasteiger partial charge < -0.3 is 21.0 Å². The van der Waals surface area contributed by atoms with Crippen LogP contribution in [0.25, 0.3) is 0 Å². The molecule has 146 valence electrons. The van der Waals surface area contributed by atoms with Gasteiger partial charge in [-0.05, 0) is 51.5 Å². The van der Waals surface area contributed by atoms with Crippen molar-refractivity contribution in [1.29, 1.82) is 0 Å². The topological polar surface area (TPSA) is 90.9 Å². The Morgan fingerprint density at radius 2 is 1.74 bits per heavy atom. The van der Waals surface area contributed by atoms with Gasteiger partial charge >= 0.3 is 47.6 Å². The molecule has 1 amide bonds. The Kier molecular flexibility index (Phi) is 11.7. The molecule has 27 heavy (non-hydrogen) atoms. The van der Waals surface area contributed by atoms with Crippen LogP contribution in [0.3, 0.4) is 0 Å². The van der Waals surface area contributed by atoms with Crippen molar-refractivity contribution in [2.45, 2.75) is 46.8 Å². The van der Waals surface area contributed by atoms with Gasteiger partial charge in [-0.15, -0.1) is 0 Å². The second-order valence-corrected chi connectivity index (χ2v) is 7.02. The number of rotatable bonds is 7. The van der Waals surface area contributed by atoms with Gasteiger partial charge in [-0.25, -0.2) is 4.79 Å². The van der Waals surface area contributed by atoms with E-state index in [1.165, 1.54) is 6.92 Å². The normalized spacial score (nSPS) is 11.6. The van der Waals surface area contributed by atoms with Gasteiger partial charge in [-0.3, -0.25) is 9.59 Å². The summed E-state index contributed by atoms with van der Waals surface area (Å²) in [4.78, 5) is 34.9. The van der Waals surface area contributed by atoms with Gasteiger partial charge in [0.15, 0.2) is 0 Å². The first-order valence-corrected chi connectivity index (χ1v) is 8.57. The number of benzene rings is 1. The van der Waals surface area contributed by atoms with Crippen molar-refractivity contribution in [3.8, 4) is 5.75 Å². The molecule has 0 aliphatic heterocycles. The smallest absolute Gasteiger partial charge is 1.00 e. The minimum absolute atomic E-state index is 0. The summed E-state index contributed by atoms with van der Waals surface area (Å²) in [6, 6.07) is 6.43. The standard InChI is InChI=1S/C18H24ClNO6.Na.H/c1-12(24-16(22)18(2,3)4)25-17(23)20-11-5-6-15(21)26-14-9-7-13(19)8-10-14;;/h7-10,12H,5-6,11H2,1-4H3,(H,20,23);;/q;+1;-1. The molecule has 0 fully saturated rings. The van der Waals surface area contributed by atoms with E-state index in [4.69, 9.17) is 25.8 Å². The van der Waals surface area contributed by atoms with E-state index in [0.717, 1.165) is 0 Å². The minimum Gasteiger partial charge on any atom is -1.00 e. The number of ether oxygens (including phenoxy) is 3. The van der Waals surface area contributed by atoms with E-state index in [0.29, 0.717) is 17.2 Å². The number of carbonyl (C=O) groups excluding carboxylic acids is 3. The van der Waals surface area contributed by atoms with Crippen molar-refractivity contribution in [3.05, 3.63) is 29.3 Å². The Hall–Kier alpha value is -1.28. The van der Waals surface area contributed by atoms with Crippen molar-refractivity contribution < 1.29 is 59.6 Å². The summed E-state index contributed by atoms with van der Waals surface area (Å²) in [5, 5.41) is 3.03. The fraction of sp³-hybridized carbons (Fsp3) is 0.500. The molecule has 0 aliphatic carbocycles. The predicted octanol–water partition coefficient (Wildman–Crippen LogP) is 0.804. The van der Waals surface area contributed by atoms with Crippen molar-refractivity contribution in [3.63, 3.8) is 0 Å². The molecule has 1 aromatic carbocycles. The van der Waals surface area contributed by atoms with Crippen LogP contribution in [0.2, 0.25) is 5.02 Å². The molecule has 0 spiro atoms. The number of hydrogen-bond donors (Lipinski definition) is 1. The van der Waals surface area contributed by atoms with Crippen LogP contribution in [0, 0.1) is 5.41 Å². The summed E-state index contributed by atoms with van der Waals surface area (Å²) >= 11 is 5.75. The zero-order valence-electron chi connectivity index (χ0n) is 17.3. The average Bonchev–Trinajstić information content (AvgIpc) is 2.52. The molecule has 1 aromatic rings. The molecule has 1 N–H and O–H groups in total. The van der Waals surface area contributed by atoms with Crippen LogP contribution in [0.5, 0.6) is 5.75 Å². The Balaban J connectivity index is 0. The van der Waals surface area contributed by atoms with Crippen LogP contribution in [0.15, 0.2) is 24.3 Å². The molecule has 7 nitrogen and oxygen atoms in total. The Morgan fingerprint density at radius 1 is 1.15 bits per heavy atom. The third kappa shape index (κ3) is 11.2. The SMILES string of the molecule is CC(OC(=O)NCCCC(=O)Oc1ccc(Cl)cc1)OC(=O)C(C)(C)C.[H-].[Na+]. The number of nitrogens with one attached hydrogen (secondary N) is 1. The van der Waals surface area contributed by atoms with E-state index < -0.39 is 29.7 Å². The quantitative estimate of drug-likeness (QED) is 0.235. The molecule has 0 saturated heterocycles. The molecule has 1 atom stereocenters. The first-order chi connectivity index (χ1) is 12.1. The van der Waals surface area contributed by atoms with E-state index in [9.17, 15) is 14.4 Å². The van der Waals surface area contributed by atoms with Crippen LogP contribution in [0.4, 0.5) is 4.79 Å². The monoisotopic (exact) mass is 409 g/mol. The molecule has 0 aromatic heterocycles. The largest absolute Gasteiger partial charge is 1.00 e. The molecule has 0 heterocycles. The summed E-state index contributed by atoms with van der Waals surface area (Å²) in [6.07, 6.45) is -1.24. The number of hydrogen-bond acceptors (Lipinski definition) is 6.